The van der Waals surface area contributed by atoms with Gasteiger partial charge in [-0.05, 0) is 22.0 Å². The maximum Gasteiger partial charge on any atom is 0.0783 e. The van der Waals surface area contributed by atoms with Gasteiger partial charge < -0.3 is 0 Å². The molecule has 1 aromatic heterocycles. The molecule has 0 fully saturated rings. The van der Waals surface area contributed by atoms with Crippen molar-refractivity contribution in [3.05, 3.63) is 40.2 Å². The van der Waals surface area contributed by atoms with Gasteiger partial charge in [0.1, 0.15) is 0 Å². The predicted molar refractivity (Wildman–Crippen MR) is 59.6 cm³/mol. The van der Waals surface area contributed by atoms with Gasteiger partial charge in [-0.15, -0.1) is 11.3 Å². The maximum atomic E-state index is 3.79. The van der Waals surface area contributed by atoms with Crippen LogP contribution in [0.15, 0.2) is 34.6 Å². The van der Waals surface area contributed by atoms with Crippen LogP contribution in [-0.2, 0) is 0 Å². The van der Waals surface area contributed by atoms with Crippen LogP contribution in [-0.4, -0.2) is 0 Å². The lowest BCUT2D eigenvalue weighted by molar-refractivity contribution is 1.82. The smallest absolute Gasteiger partial charge is 0.0783 e. The van der Waals surface area contributed by atoms with E-state index in [2.05, 4.69) is 46.8 Å². The predicted octanol–water partition coefficient (Wildman–Crippen LogP) is 4.31. The van der Waals surface area contributed by atoms with Gasteiger partial charge >= 0.3 is 0 Å². The van der Waals surface area contributed by atoms with E-state index in [9.17, 15) is 0 Å². The lowest BCUT2D eigenvalue weighted by Crippen LogP contribution is -1.66. The van der Waals surface area contributed by atoms with E-state index >= 15 is 0 Å². The summed E-state index contributed by atoms with van der Waals surface area (Å²) in [6.45, 7) is 3.79. The Morgan fingerprint density at radius 3 is 2.83 bits per heavy atom. The first-order chi connectivity index (χ1) is 5.83. The van der Waals surface area contributed by atoms with E-state index in [0.717, 1.165) is 0 Å². The minimum Gasteiger partial charge on any atom is -0.128 e. The Bertz CT molecular complexity index is 428. The van der Waals surface area contributed by atoms with Crippen molar-refractivity contribution in [1.29, 1.82) is 0 Å². The fourth-order valence-electron chi connectivity index (χ4n) is 1.23. The van der Waals surface area contributed by atoms with E-state index < -0.39 is 0 Å². The van der Waals surface area contributed by atoms with Gasteiger partial charge in [-0.1, -0.05) is 30.9 Å². The summed E-state index contributed by atoms with van der Waals surface area (Å²) >= 11 is 5.27. The Hall–Kier alpha value is -0.600. The van der Waals surface area contributed by atoms with E-state index in [-0.39, 0.29) is 0 Å². The molecule has 2 rings (SSSR count). The van der Waals surface area contributed by atoms with Crippen LogP contribution in [0.5, 0.6) is 0 Å². The third-order valence-electron chi connectivity index (χ3n) is 1.79. The molecule has 12 heavy (non-hydrogen) atoms. The molecule has 0 spiro atoms. The van der Waals surface area contributed by atoms with Crippen LogP contribution in [0.1, 0.15) is 5.56 Å². The van der Waals surface area contributed by atoms with Crippen molar-refractivity contribution in [2.24, 2.45) is 0 Å². The van der Waals surface area contributed by atoms with Crippen molar-refractivity contribution < 1.29 is 0 Å². The molecule has 60 valence electrons. The second-order valence-electron chi connectivity index (χ2n) is 2.49. The quantitative estimate of drug-likeness (QED) is 0.695. The van der Waals surface area contributed by atoms with E-state index in [4.69, 9.17) is 0 Å². The summed E-state index contributed by atoms with van der Waals surface area (Å²) in [4.78, 5) is 0. The first-order valence-electron chi connectivity index (χ1n) is 3.62. The summed E-state index contributed by atoms with van der Waals surface area (Å²) in [5, 5.41) is 1.28. The van der Waals surface area contributed by atoms with Crippen molar-refractivity contribution in [1.82, 2.24) is 0 Å². The van der Waals surface area contributed by atoms with Gasteiger partial charge in [0.25, 0.3) is 0 Å². The van der Waals surface area contributed by atoms with Crippen molar-refractivity contribution in [3.8, 4) is 0 Å². The van der Waals surface area contributed by atoms with Crippen molar-refractivity contribution >= 4 is 43.4 Å². The second-order valence-corrected chi connectivity index (χ2v) is 4.86. The highest BCUT2D eigenvalue weighted by atomic mass is 79.9. The highest BCUT2D eigenvalue weighted by molar-refractivity contribution is 9.11. The Morgan fingerprint density at radius 1 is 1.33 bits per heavy atom. The summed E-state index contributed by atoms with van der Waals surface area (Å²) in [6.07, 6.45) is 1.89. The van der Waals surface area contributed by atoms with Crippen LogP contribution < -0.4 is 0 Å². The minimum absolute atomic E-state index is 1.17. The van der Waals surface area contributed by atoms with Gasteiger partial charge in [0.15, 0.2) is 0 Å². The lowest BCUT2D eigenvalue weighted by atomic mass is 10.2. The minimum atomic E-state index is 1.17. The molecule has 0 aliphatic heterocycles. The number of hydrogen-bond donors (Lipinski definition) is 0. The fraction of sp³-hybridized carbons (Fsp3) is 0. The van der Waals surface area contributed by atoms with Crippen molar-refractivity contribution in [3.63, 3.8) is 0 Å². The number of hydrogen-bond acceptors (Lipinski definition) is 1. The van der Waals surface area contributed by atoms with E-state index in [1.54, 1.807) is 11.3 Å². The van der Waals surface area contributed by atoms with Crippen LogP contribution in [0.3, 0.4) is 0 Å². The molecule has 0 atom stereocenters. The van der Waals surface area contributed by atoms with Crippen LogP contribution in [0.4, 0.5) is 0 Å². The van der Waals surface area contributed by atoms with E-state index in [1.165, 1.54) is 19.4 Å². The van der Waals surface area contributed by atoms with Gasteiger partial charge in [-0.25, -0.2) is 0 Å². The molecular formula is C10H7BrS. The summed E-state index contributed by atoms with van der Waals surface area (Å²) in [6, 6.07) is 8.35. The van der Waals surface area contributed by atoms with Gasteiger partial charge in [0.2, 0.25) is 0 Å². The topological polar surface area (TPSA) is 0 Å². The van der Waals surface area contributed by atoms with Crippen LogP contribution in [0, 0.1) is 0 Å². The second kappa shape index (κ2) is 3.04. The summed E-state index contributed by atoms with van der Waals surface area (Å²) < 4.78 is 2.47. The highest BCUT2D eigenvalue weighted by Crippen LogP contribution is 2.35. The largest absolute Gasteiger partial charge is 0.128 e. The van der Waals surface area contributed by atoms with Gasteiger partial charge in [-0.3, -0.25) is 0 Å². The Kier molecular flexibility index (Phi) is 2.03. The first kappa shape index (κ1) is 8.02. The third kappa shape index (κ3) is 1.11. The van der Waals surface area contributed by atoms with Crippen molar-refractivity contribution in [2.75, 3.05) is 0 Å². The third-order valence-corrected chi connectivity index (χ3v) is 3.68. The highest BCUT2D eigenvalue weighted by Gasteiger charge is 2.04. The lowest BCUT2D eigenvalue weighted by Gasteiger charge is -1.89. The zero-order valence-corrected chi connectivity index (χ0v) is 8.78. The normalized spacial score (nSPS) is 10.4. The van der Waals surface area contributed by atoms with Gasteiger partial charge in [0.05, 0.1) is 3.79 Å². The molecule has 0 bridgehead atoms. The molecule has 0 saturated carbocycles. The number of rotatable bonds is 1. The van der Waals surface area contributed by atoms with Gasteiger partial charge in [-0.2, -0.15) is 0 Å². The average Bonchev–Trinajstić information content (AvgIpc) is 2.40. The van der Waals surface area contributed by atoms with Crippen LogP contribution in [0.2, 0.25) is 0 Å². The first-order valence-corrected chi connectivity index (χ1v) is 5.23. The maximum absolute atomic E-state index is 3.79. The number of halogens is 1. The molecule has 0 nitrogen and oxygen atoms in total. The molecule has 0 N–H and O–H groups in total. The monoisotopic (exact) mass is 238 g/mol. The molecule has 0 unspecified atom stereocenters. The van der Waals surface area contributed by atoms with E-state index in [1.807, 2.05) is 6.08 Å². The SMILES string of the molecule is C=Cc1c(Br)sc2ccccc12. The molecule has 1 aromatic carbocycles. The van der Waals surface area contributed by atoms with Gasteiger partial charge in [0, 0.05) is 15.6 Å². The average molecular weight is 239 g/mol. The molecule has 0 radical (unpaired) electrons. The molecule has 2 aromatic rings. The molecule has 1 heterocycles. The zero-order chi connectivity index (χ0) is 8.55. The number of fused-ring (bicyclic) bond motifs is 1. The molecule has 2 heteroatoms. The molecule has 0 aliphatic carbocycles. The summed E-state index contributed by atoms with van der Waals surface area (Å²) in [5.74, 6) is 0. The summed E-state index contributed by atoms with van der Waals surface area (Å²) in [7, 11) is 0. The Morgan fingerprint density at radius 2 is 2.08 bits per heavy atom. The van der Waals surface area contributed by atoms with Crippen LogP contribution in [0.25, 0.3) is 16.2 Å². The number of thiophene rings is 1. The molecule has 0 saturated heterocycles. The Labute approximate surface area is 83.7 Å². The Balaban J connectivity index is 2.90. The molecule has 0 amide bonds. The molecular weight excluding hydrogens is 232 g/mol. The summed E-state index contributed by atoms with van der Waals surface area (Å²) in [5.41, 5.74) is 1.20. The van der Waals surface area contributed by atoms with Crippen molar-refractivity contribution in [2.45, 2.75) is 0 Å². The molecule has 0 aliphatic rings. The van der Waals surface area contributed by atoms with E-state index in [0.29, 0.717) is 0 Å². The fourth-order valence-corrected chi connectivity index (χ4v) is 3.06. The van der Waals surface area contributed by atoms with Crippen LogP contribution >= 0.6 is 27.3 Å². The number of benzene rings is 1. The zero-order valence-electron chi connectivity index (χ0n) is 6.38. The standard InChI is InChI=1S/C10H7BrS/c1-2-7-8-5-3-4-6-9(8)12-10(7)11/h2-6H,1H2.